The molecule has 0 atom stereocenters. The fourth-order valence-electron chi connectivity index (χ4n) is 2.66. The lowest BCUT2D eigenvalue weighted by Crippen LogP contribution is -2.04. The number of hydrogen-bond donors (Lipinski definition) is 0. The van der Waals surface area contributed by atoms with Crippen molar-refractivity contribution in [3.05, 3.63) is 48.0 Å². The van der Waals surface area contributed by atoms with Crippen LogP contribution in [0.5, 0.6) is 17.2 Å². The van der Waals surface area contributed by atoms with Gasteiger partial charge in [0, 0.05) is 18.2 Å². The van der Waals surface area contributed by atoms with Gasteiger partial charge in [0.25, 0.3) is 0 Å². The molecular weight excluding hydrogens is 378 g/mol. The van der Waals surface area contributed by atoms with E-state index in [2.05, 4.69) is 10.2 Å². The average Bonchev–Trinajstić information content (AvgIpc) is 3.11. The molecule has 0 N–H and O–H groups in total. The van der Waals surface area contributed by atoms with Crippen LogP contribution in [0.4, 0.5) is 0 Å². The fraction of sp³-hybridized carbons (Fsp3) is 0.250. The lowest BCUT2D eigenvalue weighted by Gasteiger charge is -2.09. The first kappa shape index (κ1) is 19.8. The molecule has 8 heteroatoms. The number of hydrogen-bond acceptors (Lipinski definition) is 7. The Morgan fingerprint density at radius 2 is 1.68 bits per heavy atom. The molecule has 3 rings (SSSR count). The number of ketones is 1. The van der Waals surface area contributed by atoms with E-state index >= 15 is 0 Å². The number of Topliss-reactive ketones (excluding diaryl/α,β-unsaturated/α-hetero) is 1. The molecule has 0 unspecified atom stereocenters. The zero-order valence-corrected chi connectivity index (χ0v) is 16.9. The van der Waals surface area contributed by atoms with Crippen molar-refractivity contribution in [3.8, 4) is 28.6 Å². The summed E-state index contributed by atoms with van der Waals surface area (Å²) in [6.45, 7) is 0. The molecule has 3 aromatic rings. The van der Waals surface area contributed by atoms with Crippen molar-refractivity contribution in [2.45, 2.75) is 5.16 Å². The number of carbonyl (C=O) groups excluding carboxylic acids is 1. The third-order valence-corrected chi connectivity index (χ3v) is 5.24. The van der Waals surface area contributed by atoms with E-state index in [0.29, 0.717) is 28.0 Å². The Morgan fingerprint density at radius 1 is 0.964 bits per heavy atom. The summed E-state index contributed by atoms with van der Waals surface area (Å²) in [5.41, 5.74) is 1.48. The molecule has 2 aromatic carbocycles. The van der Waals surface area contributed by atoms with Gasteiger partial charge in [-0.15, -0.1) is 10.2 Å². The van der Waals surface area contributed by atoms with Crippen LogP contribution in [0.15, 0.2) is 47.6 Å². The monoisotopic (exact) mass is 399 g/mol. The molecule has 7 nitrogen and oxygen atoms in total. The number of rotatable bonds is 8. The molecule has 146 valence electrons. The van der Waals surface area contributed by atoms with E-state index in [9.17, 15) is 4.79 Å². The lowest BCUT2D eigenvalue weighted by molar-refractivity contribution is 0.102. The van der Waals surface area contributed by atoms with Gasteiger partial charge in [-0.2, -0.15) is 0 Å². The van der Waals surface area contributed by atoms with Gasteiger partial charge in [0.05, 0.1) is 27.1 Å². The topological polar surface area (TPSA) is 75.5 Å². The van der Waals surface area contributed by atoms with Crippen molar-refractivity contribution >= 4 is 17.5 Å². The van der Waals surface area contributed by atoms with Gasteiger partial charge in [0.15, 0.2) is 28.3 Å². The van der Waals surface area contributed by atoms with Gasteiger partial charge in [-0.25, -0.2) is 0 Å². The molecule has 28 heavy (non-hydrogen) atoms. The molecule has 0 bridgehead atoms. The summed E-state index contributed by atoms with van der Waals surface area (Å²) in [4.78, 5) is 12.4. The van der Waals surface area contributed by atoms with Crippen LogP contribution in [0.3, 0.4) is 0 Å². The summed E-state index contributed by atoms with van der Waals surface area (Å²) in [6.07, 6.45) is 0. The van der Waals surface area contributed by atoms with E-state index in [1.165, 1.54) is 11.8 Å². The maximum atomic E-state index is 12.4. The van der Waals surface area contributed by atoms with Crippen LogP contribution in [0.2, 0.25) is 0 Å². The number of ether oxygens (including phenoxy) is 3. The fourth-order valence-corrected chi connectivity index (χ4v) is 3.46. The van der Waals surface area contributed by atoms with Crippen LogP contribution < -0.4 is 14.2 Å². The van der Waals surface area contributed by atoms with Crippen LogP contribution in [-0.4, -0.2) is 47.6 Å². The predicted molar refractivity (Wildman–Crippen MR) is 108 cm³/mol. The SMILES string of the molecule is COc1ccc(C(=O)CSc2nnc(-c3ccc(OC)c(OC)c3)n2C)cc1. The molecular formula is C20H21N3O4S. The highest BCUT2D eigenvalue weighted by Gasteiger charge is 2.15. The number of aromatic nitrogens is 3. The van der Waals surface area contributed by atoms with Gasteiger partial charge >= 0.3 is 0 Å². The molecule has 0 amide bonds. The summed E-state index contributed by atoms with van der Waals surface area (Å²) in [5, 5.41) is 9.13. The number of benzene rings is 2. The number of thioether (sulfide) groups is 1. The van der Waals surface area contributed by atoms with E-state index in [1.807, 2.05) is 29.8 Å². The zero-order valence-electron chi connectivity index (χ0n) is 16.1. The molecule has 0 spiro atoms. The quantitative estimate of drug-likeness (QED) is 0.424. The highest BCUT2D eigenvalue weighted by atomic mass is 32.2. The van der Waals surface area contributed by atoms with E-state index in [-0.39, 0.29) is 11.5 Å². The normalized spacial score (nSPS) is 10.6. The first-order valence-corrected chi connectivity index (χ1v) is 9.47. The van der Waals surface area contributed by atoms with Crippen LogP contribution in [0, 0.1) is 0 Å². The van der Waals surface area contributed by atoms with E-state index in [0.717, 1.165) is 11.3 Å². The van der Waals surface area contributed by atoms with Crippen LogP contribution >= 0.6 is 11.8 Å². The number of nitrogens with zero attached hydrogens (tertiary/aromatic N) is 3. The van der Waals surface area contributed by atoms with Gasteiger partial charge in [0.1, 0.15) is 5.75 Å². The van der Waals surface area contributed by atoms with Crippen molar-refractivity contribution in [1.29, 1.82) is 0 Å². The van der Waals surface area contributed by atoms with E-state index < -0.39 is 0 Å². The van der Waals surface area contributed by atoms with Gasteiger partial charge in [-0.1, -0.05) is 11.8 Å². The van der Waals surface area contributed by atoms with Crippen molar-refractivity contribution in [1.82, 2.24) is 14.8 Å². The second-order valence-electron chi connectivity index (χ2n) is 5.88. The Hall–Kier alpha value is -3.00. The van der Waals surface area contributed by atoms with Crippen molar-refractivity contribution < 1.29 is 19.0 Å². The van der Waals surface area contributed by atoms with Gasteiger partial charge < -0.3 is 18.8 Å². The number of carbonyl (C=O) groups is 1. The molecule has 1 aromatic heterocycles. The Balaban J connectivity index is 1.73. The van der Waals surface area contributed by atoms with E-state index in [4.69, 9.17) is 14.2 Å². The van der Waals surface area contributed by atoms with Crippen molar-refractivity contribution in [3.63, 3.8) is 0 Å². The van der Waals surface area contributed by atoms with Crippen molar-refractivity contribution in [2.24, 2.45) is 7.05 Å². The molecule has 0 radical (unpaired) electrons. The first-order valence-electron chi connectivity index (χ1n) is 8.49. The predicted octanol–water partition coefficient (Wildman–Crippen LogP) is 3.48. The Bertz CT molecular complexity index is 970. The largest absolute Gasteiger partial charge is 0.497 e. The molecule has 0 saturated carbocycles. The van der Waals surface area contributed by atoms with Crippen LogP contribution in [0.25, 0.3) is 11.4 Å². The van der Waals surface area contributed by atoms with Crippen LogP contribution in [0.1, 0.15) is 10.4 Å². The molecule has 0 saturated heterocycles. The third kappa shape index (κ3) is 4.12. The molecule has 0 fully saturated rings. The molecule has 1 heterocycles. The van der Waals surface area contributed by atoms with Crippen molar-refractivity contribution in [2.75, 3.05) is 27.1 Å². The maximum Gasteiger partial charge on any atom is 0.191 e. The van der Waals surface area contributed by atoms with Crippen LogP contribution in [-0.2, 0) is 7.05 Å². The average molecular weight is 399 g/mol. The summed E-state index contributed by atoms with van der Waals surface area (Å²) < 4.78 is 17.6. The Kier molecular flexibility index (Phi) is 6.20. The lowest BCUT2D eigenvalue weighted by atomic mass is 10.1. The summed E-state index contributed by atoms with van der Waals surface area (Å²) in [7, 11) is 6.64. The Morgan fingerprint density at radius 3 is 2.32 bits per heavy atom. The number of methoxy groups -OCH3 is 3. The summed E-state index contributed by atoms with van der Waals surface area (Å²) >= 11 is 1.35. The smallest absolute Gasteiger partial charge is 0.191 e. The second kappa shape index (κ2) is 8.79. The van der Waals surface area contributed by atoms with Gasteiger partial charge in [0.2, 0.25) is 0 Å². The third-order valence-electron chi connectivity index (χ3n) is 4.22. The standard InChI is InChI=1S/C20H21N3O4S/c1-23-19(14-7-10-17(26-3)18(11-14)27-4)21-22-20(23)28-12-16(24)13-5-8-15(25-2)9-6-13/h5-11H,12H2,1-4H3. The highest BCUT2D eigenvalue weighted by molar-refractivity contribution is 7.99. The maximum absolute atomic E-state index is 12.4. The molecule has 0 aliphatic carbocycles. The minimum Gasteiger partial charge on any atom is -0.497 e. The van der Waals surface area contributed by atoms with Gasteiger partial charge in [-0.3, -0.25) is 4.79 Å². The van der Waals surface area contributed by atoms with E-state index in [1.54, 1.807) is 45.6 Å². The van der Waals surface area contributed by atoms with Gasteiger partial charge in [-0.05, 0) is 42.5 Å². The second-order valence-corrected chi connectivity index (χ2v) is 6.82. The highest BCUT2D eigenvalue weighted by Crippen LogP contribution is 2.32. The Labute approximate surface area is 167 Å². The first-order chi connectivity index (χ1) is 13.6. The molecule has 0 aliphatic rings. The minimum atomic E-state index is 0.0170. The minimum absolute atomic E-state index is 0.0170. The summed E-state index contributed by atoms with van der Waals surface area (Å²) in [6, 6.07) is 12.6. The molecule has 0 aliphatic heterocycles. The zero-order chi connectivity index (χ0) is 20.1. The summed E-state index contributed by atoms with van der Waals surface area (Å²) in [5.74, 6) is 2.95.